The number of thiocarbonyl (C=S) groups is 1. The summed E-state index contributed by atoms with van der Waals surface area (Å²) in [6.07, 6.45) is -3.96. The maximum absolute atomic E-state index is 11.8. The van der Waals surface area contributed by atoms with Gasteiger partial charge in [0.2, 0.25) is 0 Å². The van der Waals surface area contributed by atoms with Crippen molar-refractivity contribution in [1.29, 1.82) is 0 Å². The minimum Gasteiger partial charge on any atom is -0.493 e. The van der Waals surface area contributed by atoms with E-state index < -0.39 is 12.8 Å². The molecule has 0 amide bonds. The zero-order valence-corrected chi connectivity index (χ0v) is 12.8. The maximum Gasteiger partial charge on any atom is 0.411 e. The van der Waals surface area contributed by atoms with E-state index in [-0.39, 0.29) is 18.2 Å². The van der Waals surface area contributed by atoms with Crippen molar-refractivity contribution in [2.24, 2.45) is 5.73 Å². The van der Waals surface area contributed by atoms with Gasteiger partial charge in [0.15, 0.2) is 0 Å². The summed E-state index contributed by atoms with van der Waals surface area (Å²) in [5.41, 5.74) is 6.14. The number of alkyl halides is 3. The number of hydrogen-bond donors (Lipinski definition) is 1. The molecule has 0 radical (unpaired) electrons. The third-order valence-corrected chi connectivity index (χ3v) is 2.88. The van der Waals surface area contributed by atoms with Gasteiger partial charge in [0.1, 0.15) is 17.3 Å². The van der Waals surface area contributed by atoms with Crippen molar-refractivity contribution in [3.8, 4) is 5.75 Å². The Labute approximate surface area is 128 Å². The van der Waals surface area contributed by atoms with Crippen LogP contribution in [0.15, 0.2) is 22.7 Å². The van der Waals surface area contributed by atoms with Crippen LogP contribution >= 0.6 is 28.1 Å². The first-order chi connectivity index (χ1) is 9.29. The standard InChI is InChI=1S/C12H13BrF3NO2S/c13-8-2-3-10(9(6-8)11(17)20)19-5-1-4-18-7-12(14,15)16/h2-3,6H,1,4-5,7H2,(H2,17,20). The van der Waals surface area contributed by atoms with E-state index >= 15 is 0 Å². The minimum absolute atomic E-state index is 0.0293. The molecule has 112 valence electrons. The van der Waals surface area contributed by atoms with E-state index in [1.807, 2.05) is 0 Å². The lowest BCUT2D eigenvalue weighted by molar-refractivity contribution is -0.174. The van der Waals surface area contributed by atoms with Crippen LogP contribution in [0.5, 0.6) is 5.75 Å². The molecule has 3 nitrogen and oxygen atoms in total. The summed E-state index contributed by atoms with van der Waals surface area (Å²) < 4.78 is 46.2. The molecule has 0 saturated heterocycles. The van der Waals surface area contributed by atoms with Gasteiger partial charge in [0.25, 0.3) is 0 Å². The SMILES string of the molecule is NC(=S)c1cc(Br)ccc1OCCCOCC(F)(F)F. The van der Waals surface area contributed by atoms with E-state index in [9.17, 15) is 13.2 Å². The first-order valence-corrected chi connectivity index (χ1v) is 6.86. The second-order valence-electron chi connectivity index (χ2n) is 3.87. The molecule has 2 N–H and O–H groups in total. The molecule has 1 aromatic carbocycles. The summed E-state index contributed by atoms with van der Waals surface area (Å²) in [6, 6.07) is 5.17. The topological polar surface area (TPSA) is 44.5 Å². The quantitative estimate of drug-likeness (QED) is 0.589. The van der Waals surface area contributed by atoms with Crippen LogP contribution in [-0.4, -0.2) is 31.0 Å². The van der Waals surface area contributed by atoms with E-state index in [0.717, 1.165) is 4.47 Å². The lowest BCUT2D eigenvalue weighted by atomic mass is 10.2. The Hall–Kier alpha value is -0.860. The Morgan fingerprint density at radius 2 is 2.00 bits per heavy atom. The predicted molar refractivity (Wildman–Crippen MR) is 77.0 cm³/mol. The van der Waals surface area contributed by atoms with Gasteiger partial charge in [-0.2, -0.15) is 13.2 Å². The first kappa shape index (κ1) is 17.2. The molecule has 0 unspecified atom stereocenters. The molecule has 1 rings (SSSR count). The molecule has 0 atom stereocenters. The van der Waals surface area contributed by atoms with Crippen molar-refractivity contribution in [1.82, 2.24) is 0 Å². The summed E-state index contributed by atoms with van der Waals surface area (Å²) in [7, 11) is 0. The number of rotatable bonds is 7. The Morgan fingerprint density at radius 1 is 1.30 bits per heavy atom. The molecule has 0 spiro atoms. The molecule has 0 aliphatic carbocycles. The third kappa shape index (κ3) is 6.53. The minimum atomic E-state index is -4.30. The zero-order valence-electron chi connectivity index (χ0n) is 10.4. The fourth-order valence-electron chi connectivity index (χ4n) is 1.35. The molecule has 20 heavy (non-hydrogen) atoms. The van der Waals surface area contributed by atoms with Crippen LogP contribution in [0.4, 0.5) is 13.2 Å². The lowest BCUT2D eigenvalue weighted by Crippen LogP contribution is -2.18. The summed E-state index contributed by atoms with van der Waals surface area (Å²) >= 11 is 8.19. The van der Waals surface area contributed by atoms with E-state index in [1.165, 1.54) is 0 Å². The van der Waals surface area contributed by atoms with Crippen LogP contribution in [0.3, 0.4) is 0 Å². The van der Waals surface area contributed by atoms with Crippen LogP contribution in [0.2, 0.25) is 0 Å². The van der Waals surface area contributed by atoms with Crippen LogP contribution in [0, 0.1) is 0 Å². The van der Waals surface area contributed by atoms with Gasteiger partial charge >= 0.3 is 6.18 Å². The van der Waals surface area contributed by atoms with E-state index in [4.69, 9.17) is 22.7 Å². The Bertz CT molecular complexity index is 469. The second kappa shape index (κ2) is 7.80. The molecule has 0 aromatic heterocycles. The molecule has 0 heterocycles. The number of hydrogen-bond acceptors (Lipinski definition) is 3. The molecule has 0 aliphatic heterocycles. The summed E-state index contributed by atoms with van der Waals surface area (Å²) in [6.45, 7) is -1.06. The van der Waals surface area contributed by atoms with Gasteiger partial charge in [-0.15, -0.1) is 0 Å². The van der Waals surface area contributed by atoms with E-state index in [2.05, 4.69) is 20.7 Å². The number of nitrogens with two attached hydrogens (primary N) is 1. The van der Waals surface area contributed by atoms with Crippen molar-refractivity contribution in [3.05, 3.63) is 28.2 Å². The first-order valence-electron chi connectivity index (χ1n) is 5.66. The van der Waals surface area contributed by atoms with E-state index in [0.29, 0.717) is 17.7 Å². The molecular formula is C12H13BrF3NO2S. The average Bonchev–Trinajstić information content (AvgIpc) is 2.33. The van der Waals surface area contributed by atoms with Gasteiger partial charge in [0, 0.05) is 10.9 Å². The highest BCUT2D eigenvalue weighted by molar-refractivity contribution is 9.10. The Morgan fingerprint density at radius 3 is 2.60 bits per heavy atom. The van der Waals surface area contributed by atoms with Gasteiger partial charge in [-0.1, -0.05) is 28.1 Å². The molecule has 0 aliphatic rings. The highest BCUT2D eigenvalue weighted by Crippen LogP contribution is 2.23. The van der Waals surface area contributed by atoms with Gasteiger partial charge in [0.05, 0.1) is 18.8 Å². The molecule has 8 heteroatoms. The average molecular weight is 372 g/mol. The fraction of sp³-hybridized carbons (Fsp3) is 0.417. The zero-order chi connectivity index (χ0) is 15.2. The molecule has 0 saturated carbocycles. The van der Waals surface area contributed by atoms with Crippen LogP contribution in [-0.2, 0) is 4.74 Å². The fourth-order valence-corrected chi connectivity index (χ4v) is 1.87. The van der Waals surface area contributed by atoms with Gasteiger partial charge in [-0.3, -0.25) is 0 Å². The third-order valence-electron chi connectivity index (χ3n) is 2.16. The predicted octanol–water partition coefficient (Wildman–Crippen LogP) is 3.43. The lowest BCUT2D eigenvalue weighted by Gasteiger charge is -2.11. The number of benzene rings is 1. The summed E-state index contributed by atoms with van der Waals surface area (Å²) in [5.74, 6) is 0.497. The monoisotopic (exact) mass is 371 g/mol. The van der Waals surface area contributed by atoms with Gasteiger partial charge in [-0.05, 0) is 18.2 Å². The van der Waals surface area contributed by atoms with Crippen molar-refractivity contribution >= 4 is 33.1 Å². The summed E-state index contributed by atoms with van der Waals surface area (Å²) in [5, 5.41) is 0. The van der Waals surface area contributed by atoms with Crippen LogP contribution < -0.4 is 10.5 Å². The van der Waals surface area contributed by atoms with Crippen LogP contribution in [0.25, 0.3) is 0 Å². The van der Waals surface area contributed by atoms with Gasteiger partial charge in [-0.25, -0.2) is 0 Å². The number of ether oxygens (including phenoxy) is 2. The summed E-state index contributed by atoms with van der Waals surface area (Å²) in [4.78, 5) is 0.189. The Balaban J connectivity index is 2.37. The van der Waals surface area contributed by atoms with Crippen molar-refractivity contribution in [2.75, 3.05) is 19.8 Å². The largest absolute Gasteiger partial charge is 0.493 e. The van der Waals surface area contributed by atoms with Crippen molar-refractivity contribution in [2.45, 2.75) is 12.6 Å². The smallest absolute Gasteiger partial charge is 0.411 e. The Kier molecular flexibility index (Phi) is 6.70. The van der Waals surface area contributed by atoms with Crippen molar-refractivity contribution in [3.63, 3.8) is 0 Å². The van der Waals surface area contributed by atoms with Crippen LogP contribution in [0.1, 0.15) is 12.0 Å². The molecule has 0 fully saturated rings. The highest BCUT2D eigenvalue weighted by Gasteiger charge is 2.27. The number of halogens is 4. The second-order valence-corrected chi connectivity index (χ2v) is 5.23. The van der Waals surface area contributed by atoms with Gasteiger partial charge < -0.3 is 15.2 Å². The van der Waals surface area contributed by atoms with Crippen molar-refractivity contribution < 1.29 is 22.6 Å². The normalized spacial score (nSPS) is 11.4. The molecule has 1 aromatic rings. The molecule has 0 bridgehead atoms. The molecular weight excluding hydrogens is 359 g/mol. The van der Waals surface area contributed by atoms with E-state index in [1.54, 1.807) is 18.2 Å². The highest BCUT2D eigenvalue weighted by atomic mass is 79.9. The maximum atomic E-state index is 11.8.